The third kappa shape index (κ3) is 4.87. The predicted octanol–water partition coefficient (Wildman–Crippen LogP) is 6.39. The molecule has 200 valence electrons. The summed E-state index contributed by atoms with van der Waals surface area (Å²) in [6.45, 7) is 0.929. The molecule has 12 heteroatoms. The van der Waals surface area contributed by atoms with Crippen LogP contribution in [0.5, 0.6) is 17.2 Å². The summed E-state index contributed by atoms with van der Waals surface area (Å²) in [4.78, 5) is 24.5. The van der Waals surface area contributed by atoms with Crippen LogP contribution in [0.4, 0.5) is 18.9 Å². The maximum absolute atomic E-state index is 14.5. The standard InChI is InChI=1S/C26H20Cl2F3NO6/c1-13(17-6-4-16(11-20(17)28)38-15-5-7-19(27)18(10-15)24(34)35)25(36,26(29,30)31)14-3-8-22-21(9-14)32(2)23(33)12-37-22/h3-11,13,36H,12H2,1-2H3,(H,34,35)/t13-,25-/m1/s1. The Labute approximate surface area is 224 Å². The van der Waals surface area contributed by atoms with Gasteiger partial charge in [-0.1, -0.05) is 42.3 Å². The van der Waals surface area contributed by atoms with Crippen LogP contribution < -0.4 is 14.4 Å². The van der Waals surface area contributed by atoms with E-state index in [2.05, 4.69) is 0 Å². The van der Waals surface area contributed by atoms with E-state index in [0.29, 0.717) is 0 Å². The van der Waals surface area contributed by atoms with Crippen molar-refractivity contribution < 1.29 is 42.4 Å². The van der Waals surface area contributed by atoms with Crippen LogP contribution in [-0.4, -0.2) is 41.9 Å². The van der Waals surface area contributed by atoms with E-state index in [-0.39, 0.29) is 50.7 Å². The third-order valence-electron chi connectivity index (χ3n) is 6.39. The Hall–Kier alpha value is -3.47. The lowest BCUT2D eigenvalue weighted by molar-refractivity contribution is -0.274. The fourth-order valence-corrected chi connectivity index (χ4v) is 4.72. The molecule has 2 atom stereocenters. The van der Waals surface area contributed by atoms with E-state index in [1.165, 1.54) is 56.4 Å². The number of amides is 1. The number of ether oxygens (including phenoxy) is 2. The first-order valence-corrected chi connectivity index (χ1v) is 11.8. The molecular weight excluding hydrogens is 550 g/mol. The number of hydrogen-bond acceptors (Lipinski definition) is 5. The van der Waals surface area contributed by atoms with E-state index in [0.717, 1.165) is 17.0 Å². The van der Waals surface area contributed by atoms with Gasteiger partial charge in [-0.3, -0.25) is 4.79 Å². The van der Waals surface area contributed by atoms with Crippen molar-refractivity contribution in [2.75, 3.05) is 18.6 Å². The first-order chi connectivity index (χ1) is 17.7. The Bertz CT molecular complexity index is 1430. The Morgan fingerprint density at radius 2 is 1.71 bits per heavy atom. The summed E-state index contributed by atoms with van der Waals surface area (Å²) in [5.74, 6) is -2.87. The molecule has 1 amide bonds. The number of carboxylic acid groups (broad SMARTS) is 1. The van der Waals surface area contributed by atoms with Gasteiger partial charge in [-0.25, -0.2) is 4.79 Å². The third-order valence-corrected chi connectivity index (χ3v) is 7.04. The molecule has 0 radical (unpaired) electrons. The molecule has 4 rings (SSSR count). The highest BCUT2D eigenvalue weighted by Crippen LogP contribution is 2.51. The molecule has 3 aromatic rings. The lowest BCUT2D eigenvalue weighted by atomic mass is 9.77. The minimum absolute atomic E-state index is 0.00258. The van der Waals surface area contributed by atoms with E-state index in [4.69, 9.17) is 32.7 Å². The van der Waals surface area contributed by atoms with Crippen LogP contribution in [0.15, 0.2) is 54.6 Å². The average Bonchev–Trinajstić information content (AvgIpc) is 2.85. The van der Waals surface area contributed by atoms with Crippen LogP contribution in [0.1, 0.15) is 34.3 Å². The van der Waals surface area contributed by atoms with Crippen LogP contribution in [0, 0.1) is 0 Å². The van der Waals surface area contributed by atoms with E-state index in [1.54, 1.807) is 0 Å². The smallest absolute Gasteiger partial charge is 0.422 e. The van der Waals surface area contributed by atoms with E-state index in [9.17, 15) is 33.0 Å². The number of fused-ring (bicyclic) bond motifs is 1. The van der Waals surface area contributed by atoms with E-state index >= 15 is 0 Å². The van der Waals surface area contributed by atoms with Crippen molar-refractivity contribution >= 4 is 40.8 Å². The number of hydrogen-bond donors (Lipinski definition) is 2. The largest absolute Gasteiger partial charge is 0.482 e. The first-order valence-electron chi connectivity index (χ1n) is 11.1. The number of aromatic carboxylic acids is 1. The number of nitrogens with zero attached hydrogens (tertiary/aromatic N) is 1. The number of benzene rings is 3. The van der Waals surface area contributed by atoms with Gasteiger partial charge in [-0.2, -0.15) is 13.2 Å². The topological polar surface area (TPSA) is 96.3 Å². The van der Waals surface area contributed by atoms with E-state index in [1.807, 2.05) is 0 Å². The molecule has 0 saturated heterocycles. The summed E-state index contributed by atoms with van der Waals surface area (Å²) in [5, 5.41) is 20.3. The summed E-state index contributed by atoms with van der Waals surface area (Å²) >= 11 is 12.2. The molecule has 0 saturated carbocycles. The van der Waals surface area contributed by atoms with Crippen molar-refractivity contribution in [3.05, 3.63) is 81.3 Å². The number of aliphatic hydroxyl groups is 1. The second kappa shape index (κ2) is 10.0. The summed E-state index contributed by atoms with van der Waals surface area (Å²) in [6.07, 6.45) is -5.13. The molecule has 7 nitrogen and oxygen atoms in total. The number of likely N-dealkylation sites (N-methyl/N-ethyl adjacent to an activating group) is 1. The monoisotopic (exact) mass is 569 g/mol. The van der Waals surface area contributed by atoms with Crippen LogP contribution in [0.25, 0.3) is 0 Å². The summed E-state index contributed by atoms with van der Waals surface area (Å²) < 4.78 is 54.3. The lowest BCUT2D eigenvalue weighted by Crippen LogP contribution is -2.47. The predicted molar refractivity (Wildman–Crippen MR) is 134 cm³/mol. The molecule has 0 aromatic heterocycles. The Kier molecular flexibility index (Phi) is 7.26. The van der Waals surface area contributed by atoms with Crippen molar-refractivity contribution in [1.82, 2.24) is 0 Å². The Morgan fingerprint density at radius 3 is 2.34 bits per heavy atom. The number of anilines is 1. The van der Waals surface area contributed by atoms with Crippen LogP contribution in [0.2, 0.25) is 10.0 Å². The zero-order chi connectivity index (χ0) is 28.0. The maximum atomic E-state index is 14.5. The molecule has 1 heterocycles. The van der Waals surface area contributed by atoms with Gasteiger partial charge in [0, 0.05) is 18.0 Å². The second-order valence-corrected chi connectivity index (χ2v) is 9.46. The molecule has 0 spiro atoms. The van der Waals surface area contributed by atoms with Crippen molar-refractivity contribution in [2.45, 2.75) is 24.6 Å². The summed E-state index contributed by atoms with van der Waals surface area (Å²) in [5.41, 5.74) is -4.02. The highest BCUT2D eigenvalue weighted by atomic mass is 35.5. The average molecular weight is 570 g/mol. The maximum Gasteiger partial charge on any atom is 0.422 e. The van der Waals surface area contributed by atoms with Crippen molar-refractivity contribution in [3.63, 3.8) is 0 Å². The molecule has 38 heavy (non-hydrogen) atoms. The van der Waals surface area contributed by atoms with Gasteiger partial charge in [0.05, 0.1) is 16.3 Å². The van der Waals surface area contributed by atoms with Gasteiger partial charge in [0.2, 0.25) is 0 Å². The van der Waals surface area contributed by atoms with Gasteiger partial charge < -0.3 is 24.6 Å². The number of carbonyl (C=O) groups is 2. The minimum atomic E-state index is -5.13. The first kappa shape index (κ1) is 27.6. The normalized spacial score (nSPS) is 15.8. The molecule has 0 aliphatic carbocycles. The van der Waals surface area contributed by atoms with Crippen LogP contribution in [0.3, 0.4) is 0 Å². The molecule has 1 aliphatic heterocycles. The zero-order valence-electron chi connectivity index (χ0n) is 19.8. The quantitative estimate of drug-likeness (QED) is 0.357. The fraction of sp³-hybridized carbons (Fsp3) is 0.231. The van der Waals surface area contributed by atoms with Gasteiger partial charge >= 0.3 is 12.1 Å². The molecular formula is C26H20Cl2F3NO6. The summed E-state index contributed by atoms with van der Waals surface area (Å²) in [6, 6.07) is 11.3. The number of rotatable bonds is 6. The number of carbonyl (C=O) groups excluding carboxylic acids is 1. The van der Waals surface area contributed by atoms with E-state index < -0.39 is 35.1 Å². The highest BCUT2D eigenvalue weighted by molar-refractivity contribution is 6.33. The van der Waals surface area contributed by atoms with Gasteiger partial charge in [-0.05, 0) is 53.6 Å². The zero-order valence-corrected chi connectivity index (χ0v) is 21.4. The van der Waals surface area contributed by atoms with Crippen molar-refractivity contribution in [2.24, 2.45) is 0 Å². The molecule has 1 aliphatic rings. The van der Waals surface area contributed by atoms with Gasteiger partial charge in [0.1, 0.15) is 17.2 Å². The molecule has 0 fully saturated rings. The Morgan fingerprint density at radius 1 is 1.05 bits per heavy atom. The van der Waals surface area contributed by atoms with Crippen LogP contribution >= 0.6 is 23.2 Å². The summed E-state index contributed by atoms with van der Waals surface area (Å²) in [7, 11) is 1.40. The van der Waals surface area contributed by atoms with Gasteiger partial charge in [-0.15, -0.1) is 0 Å². The highest BCUT2D eigenvalue weighted by Gasteiger charge is 2.59. The SMILES string of the molecule is C[C@H](c1ccc(Oc2ccc(Cl)c(C(=O)O)c2)cc1Cl)[C@@](O)(c1ccc2c(c1)N(C)C(=O)CO2)C(F)(F)F. The minimum Gasteiger partial charge on any atom is -0.482 e. The molecule has 2 N–H and O–H groups in total. The van der Waals surface area contributed by atoms with Gasteiger partial charge in [0.25, 0.3) is 5.91 Å². The van der Waals surface area contributed by atoms with Crippen molar-refractivity contribution in [3.8, 4) is 17.2 Å². The number of halogens is 5. The number of alkyl halides is 3. The molecule has 0 bridgehead atoms. The van der Waals surface area contributed by atoms with Gasteiger partial charge in [0.15, 0.2) is 12.2 Å². The lowest BCUT2D eigenvalue weighted by Gasteiger charge is -2.38. The van der Waals surface area contributed by atoms with Crippen molar-refractivity contribution in [1.29, 1.82) is 0 Å². The van der Waals surface area contributed by atoms with Crippen LogP contribution in [-0.2, 0) is 10.4 Å². The Balaban J connectivity index is 1.70. The number of carboxylic acids is 1. The molecule has 0 unspecified atom stereocenters. The molecule has 3 aromatic carbocycles. The second-order valence-electron chi connectivity index (χ2n) is 8.64. The fourth-order valence-electron chi connectivity index (χ4n) is 4.18.